The molecule has 0 atom stereocenters. The van der Waals surface area contributed by atoms with Crippen LogP contribution in [0.3, 0.4) is 0 Å². The Morgan fingerprint density at radius 3 is 2.77 bits per heavy atom. The molecule has 2 aromatic carbocycles. The Morgan fingerprint density at radius 1 is 1.12 bits per heavy atom. The van der Waals surface area contributed by atoms with Crippen molar-refractivity contribution in [2.45, 2.75) is 6.92 Å². The number of hydrogen-bond acceptors (Lipinski definition) is 4. The maximum atomic E-state index is 12.5. The highest BCUT2D eigenvalue weighted by Gasteiger charge is 2.09. The highest BCUT2D eigenvalue weighted by atomic mass is 35.5. The van der Waals surface area contributed by atoms with E-state index in [0.29, 0.717) is 27.8 Å². The number of ether oxygens (including phenoxy) is 1. The molecule has 1 aromatic heterocycles. The van der Waals surface area contributed by atoms with Gasteiger partial charge in [-0.15, -0.1) is 0 Å². The van der Waals surface area contributed by atoms with Crippen LogP contribution in [0.25, 0.3) is 0 Å². The summed E-state index contributed by atoms with van der Waals surface area (Å²) in [4.78, 5) is 16.8. The normalized spacial score (nSPS) is 10.3. The average molecular weight is 368 g/mol. The van der Waals surface area contributed by atoms with Crippen molar-refractivity contribution in [3.63, 3.8) is 0 Å². The lowest BCUT2D eigenvalue weighted by atomic mass is 10.2. The zero-order valence-corrected chi connectivity index (χ0v) is 15.2. The van der Waals surface area contributed by atoms with Crippen LogP contribution in [0.2, 0.25) is 5.02 Å². The van der Waals surface area contributed by atoms with Gasteiger partial charge in [0, 0.05) is 34.2 Å². The first-order valence-electron chi connectivity index (χ1n) is 8.00. The highest BCUT2D eigenvalue weighted by Crippen LogP contribution is 2.24. The number of aromatic nitrogens is 1. The lowest BCUT2D eigenvalue weighted by Gasteiger charge is -2.11. The summed E-state index contributed by atoms with van der Waals surface area (Å²) < 4.78 is 5.17. The van der Waals surface area contributed by atoms with Crippen molar-refractivity contribution in [1.29, 1.82) is 0 Å². The van der Waals surface area contributed by atoms with Crippen LogP contribution in [0.15, 0.2) is 60.8 Å². The molecule has 2 N–H and O–H groups in total. The van der Waals surface area contributed by atoms with Gasteiger partial charge in [-0.25, -0.2) is 4.98 Å². The highest BCUT2D eigenvalue weighted by molar-refractivity contribution is 6.30. The second-order valence-electron chi connectivity index (χ2n) is 5.70. The van der Waals surface area contributed by atoms with Gasteiger partial charge in [-0.1, -0.05) is 23.7 Å². The van der Waals surface area contributed by atoms with E-state index in [1.54, 1.807) is 37.6 Å². The lowest BCUT2D eigenvalue weighted by molar-refractivity contribution is 0.102. The number of carbonyl (C=O) groups is 1. The molecule has 0 fully saturated rings. The molecule has 3 aromatic rings. The summed E-state index contributed by atoms with van der Waals surface area (Å²) in [6, 6.07) is 16.1. The standard InChI is InChI=1S/C20H18ClN3O2/c1-13-6-7-15(21)11-18(13)24-19-10-14(8-9-22-19)20(25)23-16-4-3-5-17(12-16)26-2/h3-12H,1-2H3,(H,22,24)(H,23,25). The van der Waals surface area contributed by atoms with Crippen molar-refractivity contribution >= 4 is 34.7 Å². The molecule has 0 aliphatic heterocycles. The van der Waals surface area contributed by atoms with Gasteiger partial charge in [-0.3, -0.25) is 4.79 Å². The van der Waals surface area contributed by atoms with Crippen LogP contribution in [0.1, 0.15) is 15.9 Å². The van der Waals surface area contributed by atoms with Crippen LogP contribution in [-0.2, 0) is 0 Å². The molecule has 132 valence electrons. The number of pyridine rings is 1. The number of aryl methyl sites for hydroxylation is 1. The molecule has 0 unspecified atom stereocenters. The fourth-order valence-electron chi connectivity index (χ4n) is 2.41. The summed E-state index contributed by atoms with van der Waals surface area (Å²) in [6.07, 6.45) is 1.59. The van der Waals surface area contributed by atoms with E-state index in [2.05, 4.69) is 15.6 Å². The number of halogens is 1. The third kappa shape index (κ3) is 4.32. The largest absolute Gasteiger partial charge is 0.497 e. The number of rotatable bonds is 5. The first kappa shape index (κ1) is 17.8. The molecule has 0 radical (unpaired) electrons. The minimum atomic E-state index is -0.230. The number of benzene rings is 2. The van der Waals surface area contributed by atoms with Crippen LogP contribution >= 0.6 is 11.6 Å². The molecule has 0 spiro atoms. The molecular weight excluding hydrogens is 350 g/mol. The van der Waals surface area contributed by atoms with Crippen molar-refractivity contribution in [3.05, 3.63) is 76.9 Å². The first-order valence-corrected chi connectivity index (χ1v) is 8.37. The van der Waals surface area contributed by atoms with Crippen molar-refractivity contribution in [1.82, 2.24) is 4.98 Å². The SMILES string of the molecule is COc1cccc(NC(=O)c2ccnc(Nc3cc(Cl)ccc3C)c2)c1. The van der Waals surface area contributed by atoms with Gasteiger partial charge in [0.25, 0.3) is 5.91 Å². The van der Waals surface area contributed by atoms with Crippen LogP contribution in [0.4, 0.5) is 17.2 Å². The maximum Gasteiger partial charge on any atom is 0.255 e. The second-order valence-corrected chi connectivity index (χ2v) is 6.14. The van der Waals surface area contributed by atoms with E-state index in [4.69, 9.17) is 16.3 Å². The van der Waals surface area contributed by atoms with Crippen molar-refractivity contribution in [2.24, 2.45) is 0 Å². The molecule has 0 bridgehead atoms. The summed E-state index contributed by atoms with van der Waals surface area (Å²) >= 11 is 6.05. The quantitative estimate of drug-likeness (QED) is 0.662. The Morgan fingerprint density at radius 2 is 1.96 bits per heavy atom. The predicted octanol–water partition coefficient (Wildman–Crippen LogP) is 5.05. The van der Waals surface area contributed by atoms with Gasteiger partial charge >= 0.3 is 0 Å². The van der Waals surface area contributed by atoms with E-state index in [-0.39, 0.29) is 5.91 Å². The summed E-state index contributed by atoms with van der Waals surface area (Å²) in [7, 11) is 1.58. The number of nitrogens with zero attached hydrogens (tertiary/aromatic N) is 1. The van der Waals surface area contributed by atoms with Gasteiger partial charge < -0.3 is 15.4 Å². The Labute approximate surface area is 157 Å². The minimum absolute atomic E-state index is 0.230. The number of methoxy groups -OCH3 is 1. The Kier molecular flexibility index (Phi) is 5.39. The van der Waals surface area contributed by atoms with Gasteiger partial charge in [-0.2, -0.15) is 0 Å². The molecule has 1 heterocycles. The Bertz CT molecular complexity index is 944. The molecule has 0 aliphatic rings. The first-order chi connectivity index (χ1) is 12.5. The molecule has 1 amide bonds. The van der Waals surface area contributed by atoms with Crippen LogP contribution in [-0.4, -0.2) is 18.0 Å². The van der Waals surface area contributed by atoms with E-state index in [0.717, 1.165) is 11.3 Å². The number of carbonyl (C=O) groups excluding carboxylic acids is 1. The predicted molar refractivity (Wildman–Crippen MR) is 105 cm³/mol. The summed E-state index contributed by atoms with van der Waals surface area (Å²) in [6.45, 7) is 1.97. The van der Waals surface area contributed by atoms with Gasteiger partial charge in [0.05, 0.1) is 7.11 Å². The van der Waals surface area contributed by atoms with Crippen LogP contribution in [0.5, 0.6) is 5.75 Å². The summed E-state index contributed by atoms with van der Waals surface area (Å²) in [5.74, 6) is 1.01. The van der Waals surface area contributed by atoms with Gasteiger partial charge in [0.15, 0.2) is 0 Å². The zero-order chi connectivity index (χ0) is 18.5. The molecule has 5 nitrogen and oxygen atoms in total. The molecule has 0 saturated heterocycles. The van der Waals surface area contributed by atoms with E-state index >= 15 is 0 Å². The number of amides is 1. The number of anilines is 3. The Balaban J connectivity index is 1.77. The number of hydrogen-bond donors (Lipinski definition) is 2. The molecule has 6 heteroatoms. The van der Waals surface area contributed by atoms with Gasteiger partial charge in [-0.05, 0) is 48.9 Å². The molecule has 3 rings (SSSR count). The topological polar surface area (TPSA) is 63.2 Å². The van der Waals surface area contributed by atoms with Crippen LogP contribution in [0, 0.1) is 6.92 Å². The average Bonchev–Trinajstić information content (AvgIpc) is 2.65. The monoisotopic (exact) mass is 367 g/mol. The molecular formula is C20H18ClN3O2. The smallest absolute Gasteiger partial charge is 0.255 e. The summed E-state index contributed by atoms with van der Waals surface area (Å²) in [5, 5.41) is 6.67. The fourth-order valence-corrected chi connectivity index (χ4v) is 2.58. The van der Waals surface area contributed by atoms with E-state index < -0.39 is 0 Å². The van der Waals surface area contributed by atoms with E-state index in [1.807, 2.05) is 37.3 Å². The van der Waals surface area contributed by atoms with Gasteiger partial charge in [0.1, 0.15) is 11.6 Å². The third-order valence-electron chi connectivity index (χ3n) is 3.81. The zero-order valence-electron chi connectivity index (χ0n) is 14.4. The Hall–Kier alpha value is -3.05. The van der Waals surface area contributed by atoms with Crippen molar-refractivity contribution in [2.75, 3.05) is 17.7 Å². The van der Waals surface area contributed by atoms with Crippen LogP contribution < -0.4 is 15.4 Å². The summed E-state index contributed by atoms with van der Waals surface area (Å²) in [5.41, 5.74) is 3.02. The van der Waals surface area contributed by atoms with E-state index in [9.17, 15) is 4.79 Å². The van der Waals surface area contributed by atoms with Crippen molar-refractivity contribution < 1.29 is 9.53 Å². The second kappa shape index (κ2) is 7.89. The third-order valence-corrected chi connectivity index (χ3v) is 4.05. The molecule has 0 aliphatic carbocycles. The fraction of sp³-hybridized carbons (Fsp3) is 0.100. The van der Waals surface area contributed by atoms with E-state index in [1.165, 1.54) is 0 Å². The minimum Gasteiger partial charge on any atom is -0.497 e. The maximum absolute atomic E-state index is 12.5. The number of nitrogens with one attached hydrogen (secondary N) is 2. The lowest BCUT2D eigenvalue weighted by Crippen LogP contribution is -2.12. The van der Waals surface area contributed by atoms with Gasteiger partial charge in [0.2, 0.25) is 0 Å². The van der Waals surface area contributed by atoms with Crippen molar-refractivity contribution in [3.8, 4) is 5.75 Å². The molecule has 0 saturated carbocycles. The molecule has 26 heavy (non-hydrogen) atoms.